The number of halogens is 1. The van der Waals surface area contributed by atoms with Crippen molar-refractivity contribution >= 4 is 29.3 Å². The van der Waals surface area contributed by atoms with Crippen LogP contribution in [-0.4, -0.2) is 11.7 Å². The lowest BCUT2D eigenvalue weighted by atomic mass is 9.88. The van der Waals surface area contributed by atoms with E-state index in [1.54, 1.807) is 0 Å². The summed E-state index contributed by atoms with van der Waals surface area (Å²) >= 11 is 7.96. The van der Waals surface area contributed by atoms with Crippen molar-refractivity contribution in [2.45, 2.75) is 49.5 Å². The van der Waals surface area contributed by atoms with Gasteiger partial charge in [-0.25, -0.2) is 0 Å². The lowest BCUT2D eigenvalue weighted by Crippen LogP contribution is -2.36. The van der Waals surface area contributed by atoms with Gasteiger partial charge < -0.3 is 5.32 Å². The SMILES string of the molecule is O=C(N[C@H]1CCSc2ccc(Cl)cc21)C1CCCCC1. The predicted octanol–water partition coefficient (Wildman–Crippen LogP) is 4.57. The van der Waals surface area contributed by atoms with Crippen molar-refractivity contribution in [3.05, 3.63) is 28.8 Å². The fourth-order valence-corrected chi connectivity index (χ4v) is 4.46. The normalized spacial score (nSPS) is 23.1. The van der Waals surface area contributed by atoms with Gasteiger partial charge in [-0.3, -0.25) is 4.79 Å². The van der Waals surface area contributed by atoms with Gasteiger partial charge in [0, 0.05) is 21.6 Å². The fourth-order valence-electron chi connectivity index (χ4n) is 3.17. The van der Waals surface area contributed by atoms with Crippen LogP contribution in [0.2, 0.25) is 5.02 Å². The monoisotopic (exact) mass is 309 g/mol. The van der Waals surface area contributed by atoms with E-state index in [9.17, 15) is 4.79 Å². The van der Waals surface area contributed by atoms with Crippen molar-refractivity contribution in [1.29, 1.82) is 0 Å². The molecule has 0 aromatic heterocycles. The Hall–Kier alpha value is -0.670. The number of fused-ring (bicyclic) bond motifs is 1. The first-order chi connectivity index (χ1) is 9.74. The van der Waals surface area contributed by atoms with Gasteiger partial charge in [-0.1, -0.05) is 30.9 Å². The van der Waals surface area contributed by atoms with E-state index in [0.29, 0.717) is 0 Å². The minimum atomic E-state index is 0.138. The van der Waals surface area contributed by atoms with Crippen LogP contribution in [0.15, 0.2) is 23.1 Å². The summed E-state index contributed by atoms with van der Waals surface area (Å²) in [6.07, 6.45) is 6.77. The van der Waals surface area contributed by atoms with Crippen LogP contribution in [0.5, 0.6) is 0 Å². The van der Waals surface area contributed by atoms with Crippen LogP contribution in [0, 0.1) is 5.92 Å². The summed E-state index contributed by atoms with van der Waals surface area (Å²) in [7, 11) is 0. The fraction of sp³-hybridized carbons (Fsp3) is 0.562. The van der Waals surface area contributed by atoms with Gasteiger partial charge in [0.2, 0.25) is 5.91 Å². The largest absolute Gasteiger partial charge is 0.349 e. The number of hydrogen-bond donors (Lipinski definition) is 1. The van der Waals surface area contributed by atoms with Gasteiger partial charge in [0.05, 0.1) is 6.04 Å². The minimum Gasteiger partial charge on any atom is -0.349 e. The van der Waals surface area contributed by atoms with Crippen LogP contribution in [0.1, 0.15) is 50.1 Å². The van der Waals surface area contributed by atoms with E-state index in [1.165, 1.54) is 29.7 Å². The van der Waals surface area contributed by atoms with E-state index in [2.05, 4.69) is 11.4 Å². The average molecular weight is 310 g/mol. The zero-order valence-corrected chi connectivity index (χ0v) is 13.1. The van der Waals surface area contributed by atoms with Crippen LogP contribution >= 0.6 is 23.4 Å². The van der Waals surface area contributed by atoms with Crippen molar-refractivity contribution in [3.63, 3.8) is 0 Å². The highest BCUT2D eigenvalue weighted by Crippen LogP contribution is 2.38. The maximum Gasteiger partial charge on any atom is 0.223 e. The second-order valence-corrected chi connectivity index (χ2v) is 7.29. The molecule has 0 saturated heterocycles. The summed E-state index contributed by atoms with van der Waals surface area (Å²) in [5, 5.41) is 4.01. The van der Waals surface area contributed by atoms with Gasteiger partial charge in [-0.15, -0.1) is 11.8 Å². The molecule has 1 saturated carbocycles. The molecule has 1 aromatic carbocycles. The minimum absolute atomic E-state index is 0.138. The lowest BCUT2D eigenvalue weighted by molar-refractivity contribution is -0.126. The summed E-state index contributed by atoms with van der Waals surface area (Å²) in [5.41, 5.74) is 1.19. The molecule has 2 aliphatic rings. The van der Waals surface area contributed by atoms with Crippen LogP contribution in [0.3, 0.4) is 0 Å². The Kier molecular flexibility index (Phi) is 4.57. The van der Waals surface area contributed by atoms with Crippen molar-refractivity contribution in [2.75, 3.05) is 5.75 Å². The molecule has 4 heteroatoms. The van der Waals surface area contributed by atoms with Crippen molar-refractivity contribution in [3.8, 4) is 0 Å². The zero-order valence-electron chi connectivity index (χ0n) is 11.5. The van der Waals surface area contributed by atoms with Crippen molar-refractivity contribution in [1.82, 2.24) is 5.32 Å². The summed E-state index contributed by atoms with van der Waals surface area (Å²) in [4.78, 5) is 13.7. The highest BCUT2D eigenvalue weighted by atomic mass is 35.5. The van der Waals surface area contributed by atoms with Crippen LogP contribution in [0.4, 0.5) is 0 Å². The Morgan fingerprint density at radius 1 is 1.20 bits per heavy atom. The Labute approximate surface area is 129 Å². The van der Waals surface area contributed by atoms with Crippen LogP contribution < -0.4 is 5.32 Å². The lowest BCUT2D eigenvalue weighted by Gasteiger charge is -2.29. The van der Waals surface area contributed by atoms with E-state index in [4.69, 9.17) is 11.6 Å². The molecule has 1 aromatic rings. The molecule has 1 amide bonds. The Morgan fingerprint density at radius 3 is 2.80 bits per heavy atom. The molecular formula is C16H20ClNOS. The smallest absolute Gasteiger partial charge is 0.223 e. The molecule has 0 spiro atoms. The first-order valence-electron chi connectivity index (χ1n) is 7.46. The van der Waals surface area contributed by atoms with Gasteiger partial charge in [0.15, 0.2) is 0 Å². The molecule has 1 heterocycles. The van der Waals surface area contributed by atoms with Gasteiger partial charge in [-0.2, -0.15) is 0 Å². The Morgan fingerprint density at radius 2 is 2.00 bits per heavy atom. The quantitative estimate of drug-likeness (QED) is 0.867. The van der Waals surface area contributed by atoms with Gasteiger partial charge in [0.1, 0.15) is 0 Å². The third kappa shape index (κ3) is 3.15. The molecule has 1 atom stereocenters. The molecular weight excluding hydrogens is 290 g/mol. The first-order valence-corrected chi connectivity index (χ1v) is 8.83. The van der Waals surface area contributed by atoms with Crippen LogP contribution in [-0.2, 0) is 4.79 Å². The highest BCUT2D eigenvalue weighted by molar-refractivity contribution is 7.99. The van der Waals surface area contributed by atoms with Crippen molar-refractivity contribution in [2.24, 2.45) is 5.92 Å². The number of thioether (sulfide) groups is 1. The molecule has 20 heavy (non-hydrogen) atoms. The summed E-state index contributed by atoms with van der Waals surface area (Å²) in [5.74, 6) is 1.53. The van der Waals surface area contributed by atoms with E-state index < -0.39 is 0 Å². The van der Waals surface area contributed by atoms with E-state index >= 15 is 0 Å². The maximum absolute atomic E-state index is 12.4. The highest BCUT2D eigenvalue weighted by Gasteiger charge is 2.27. The summed E-state index contributed by atoms with van der Waals surface area (Å²) in [6.45, 7) is 0. The van der Waals surface area contributed by atoms with Gasteiger partial charge in [-0.05, 0) is 43.0 Å². The zero-order chi connectivity index (χ0) is 13.9. The number of nitrogens with one attached hydrogen (secondary N) is 1. The average Bonchev–Trinajstić information content (AvgIpc) is 2.49. The number of rotatable bonds is 2. The number of benzene rings is 1. The molecule has 0 unspecified atom stereocenters. The Balaban J connectivity index is 1.72. The molecule has 2 nitrogen and oxygen atoms in total. The second kappa shape index (κ2) is 6.40. The second-order valence-electron chi connectivity index (χ2n) is 5.72. The molecule has 1 aliphatic heterocycles. The Bertz CT molecular complexity index is 499. The molecule has 108 valence electrons. The third-order valence-corrected chi connectivity index (χ3v) is 5.66. The first kappa shape index (κ1) is 14.3. The molecule has 1 fully saturated rings. The summed E-state index contributed by atoms with van der Waals surface area (Å²) in [6, 6.07) is 6.15. The molecule has 1 N–H and O–H groups in total. The molecule has 3 rings (SSSR count). The van der Waals surface area contributed by atoms with Gasteiger partial charge >= 0.3 is 0 Å². The maximum atomic E-state index is 12.4. The van der Waals surface area contributed by atoms with E-state index in [-0.39, 0.29) is 17.9 Å². The number of carbonyl (C=O) groups is 1. The number of amides is 1. The third-order valence-electron chi connectivity index (χ3n) is 4.30. The molecule has 1 aliphatic carbocycles. The van der Waals surface area contributed by atoms with E-state index in [1.807, 2.05) is 23.9 Å². The number of carbonyl (C=O) groups excluding carboxylic acids is 1. The van der Waals surface area contributed by atoms with E-state index in [0.717, 1.165) is 30.0 Å². The number of hydrogen-bond acceptors (Lipinski definition) is 2. The van der Waals surface area contributed by atoms with Crippen molar-refractivity contribution < 1.29 is 4.79 Å². The standard InChI is InChI=1S/C16H20ClNOS/c17-12-6-7-15-13(10-12)14(8-9-20-15)18-16(19)11-4-2-1-3-5-11/h6-7,10-11,14H,1-5,8-9H2,(H,18,19)/t14-/m0/s1. The van der Waals surface area contributed by atoms with Gasteiger partial charge in [0.25, 0.3) is 0 Å². The summed E-state index contributed by atoms with van der Waals surface area (Å²) < 4.78 is 0. The van der Waals surface area contributed by atoms with Crippen LogP contribution in [0.25, 0.3) is 0 Å². The molecule has 0 bridgehead atoms. The predicted molar refractivity (Wildman–Crippen MR) is 84.3 cm³/mol. The topological polar surface area (TPSA) is 29.1 Å². The molecule has 0 radical (unpaired) electrons.